The van der Waals surface area contributed by atoms with Crippen molar-refractivity contribution < 1.29 is 9.53 Å². The van der Waals surface area contributed by atoms with Gasteiger partial charge < -0.3 is 14.5 Å². The molecule has 0 aliphatic carbocycles. The Morgan fingerprint density at radius 3 is 2.35 bits per heavy atom. The normalized spacial score (nSPS) is 14.7. The average molecular weight is 393 g/mol. The lowest BCUT2D eigenvalue weighted by atomic mass is 10.1. The van der Waals surface area contributed by atoms with Gasteiger partial charge in [0.2, 0.25) is 0 Å². The van der Waals surface area contributed by atoms with Crippen LogP contribution >= 0.6 is 23.2 Å². The van der Waals surface area contributed by atoms with E-state index in [1.165, 1.54) is 0 Å². The van der Waals surface area contributed by atoms with Crippen molar-refractivity contribution >= 4 is 34.8 Å². The molecule has 6 heteroatoms. The molecule has 1 aliphatic heterocycles. The Hall–Kier alpha value is -1.91. The molecule has 2 aromatic rings. The van der Waals surface area contributed by atoms with Gasteiger partial charge in [0.15, 0.2) is 0 Å². The number of amides is 1. The number of nitrogens with zero attached hydrogens (tertiary/aromatic N) is 2. The highest BCUT2D eigenvalue weighted by Gasteiger charge is 2.24. The van der Waals surface area contributed by atoms with E-state index in [4.69, 9.17) is 27.9 Å². The summed E-state index contributed by atoms with van der Waals surface area (Å²) in [5.74, 6) is 0.863. The maximum Gasteiger partial charge on any atom is 0.254 e. The van der Waals surface area contributed by atoms with Gasteiger partial charge in [-0.2, -0.15) is 0 Å². The molecule has 1 amide bonds. The Balaban J connectivity index is 1.68. The van der Waals surface area contributed by atoms with Crippen LogP contribution in [0.3, 0.4) is 0 Å². The van der Waals surface area contributed by atoms with E-state index >= 15 is 0 Å². The van der Waals surface area contributed by atoms with E-state index in [1.807, 2.05) is 36.9 Å². The number of hydrogen-bond donors (Lipinski definition) is 0. The van der Waals surface area contributed by atoms with E-state index in [2.05, 4.69) is 11.0 Å². The average Bonchev–Trinajstić information content (AvgIpc) is 2.63. The molecule has 0 N–H and O–H groups in total. The van der Waals surface area contributed by atoms with Crippen LogP contribution in [-0.2, 0) is 0 Å². The minimum absolute atomic E-state index is 0.0186. The number of rotatable bonds is 4. The number of ether oxygens (including phenoxy) is 1. The van der Waals surface area contributed by atoms with Crippen molar-refractivity contribution in [3.8, 4) is 5.75 Å². The third-order valence-corrected chi connectivity index (χ3v) is 5.04. The fraction of sp³-hybridized carbons (Fsp3) is 0.350. The fourth-order valence-corrected chi connectivity index (χ4v) is 3.33. The van der Waals surface area contributed by atoms with Crippen molar-refractivity contribution in [3.05, 3.63) is 58.1 Å². The summed E-state index contributed by atoms with van der Waals surface area (Å²) in [5, 5.41) is 0.853. The molecule has 0 aromatic heterocycles. The first-order chi connectivity index (χ1) is 12.5. The third-order valence-electron chi connectivity index (χ3n) is 4.30. The third kappa shape index (κ3) is 4.25. The molecule has 0 bridgehead atoms. The van der Waals surface area contributed by atoms with Gasteiger partial charge in [0.1, 0.15) is 5.75 Å². The largest absolute Gasteiger partial charge is 0.489 e. The van der Waals surface area contributed by atoms with Gasteiger partial charge in [0.25, 0.3) is 5.91 Å². The van der Waals surface area contributed by atoms with Crippen molar-refractivity contribution in [3.63, 3.8) is 0 Å². The van der Waals surface area contributed by atoms with Crippen molar-refractivity contribution in [1.82, 2.24) is 4.90 Å². The Morgan fingerprint density at radius 2 is 1.69 bits per heavy atom. The standard InChI is InChI=1S/C20H22Cl2N2O2/c1-14(2)26-19-6-4-3-5-18(19)23-9-11-24(12-10-23)20(25)15-7-8-16(21)17(22)13-15/h3-8,13-14H,9-12H2,1-2H3. The highest BCUT2D eigenvalue weighted by molar-refractivity contribution is 6.42. The molecule has 2 aromatic carbocycles. The molecule has 1 aliphatic rings. The van der Waals surface area contributed by atoms with E-state index in [0.717, 1.165) is 24.5 Å². The van der Waals surface area contributed by atoms with Crippen LogP contribution in [0, 0.1) is 0 Å². The Labute approximate surface area is 164 Å². The maximum atomic E-state index is 12.7. The summed E-state index contributed by atoms with van der Waals surface area (Å²) in [6.07, 6.45) is 0.119. The molecular weight excluding hydrogens is 371 g/mol. The Kier molecular flexibility index (Phi) is 5.94. The van der Waals surface area contributed by atoms with E-state index < -0.39 is 0 Å². The van der Waals surface area contributed by atoms with Gasteiger partial charge in [0.05, 0.1) is 21.8 Å². The zero-order chi connectivity index (χ0) is 18.7. The summed E-state index contributed by atoms with van der Waals surface area (Å²) in [4.78, 5) is 16.8. The molecule has 3 rings (SSSR count). The number of carbonyl (C=O) groups excluding carboxylic acids is 1. The highest BCUT2D eigenvalue weighted by Crippen LogP contribution is 2.30. The van der Waals surface area contributed by atoms with E-state index in [-0.39, 0.29) is 12.0 Å². The fourth-order valence-electron chi connectivity index (χ4n) is 3.03. The summed E-state index contributed by atoms with van der Waals surface area (Å²) < 4.78 is 5.92. The van der Waals surface area contributed by atoms with Gasteiger partial charge in [-0.05, 0) is 44.2 Å². The first-order valence-corrected chi connectivity index (χ1v) is 9.46. The van der Waals surface area contributed by atoms with Gasteiger partial charge >= 0.3 is 0 Å². The van der Waals surface area contributed by atoms with Gasteiger partial charge in [-0.15, -0.1) is 0 Å². The topological polar surface area (TPSA) is 32.8 Å². The second-order valence-electron chi connectivity index (χ2n) is 6.54. The van der Waals surface area contributed by atoms with Crippen LogP contribution < -0.4 is 9.64 Å². The van der Waals surface area contributed by atoms with Crippen molar-refractivity contribution in [2.24, 2.45) is 0 Å². The minimum Gasteiger partial charge on any atom is -0.489 e. The van der Waals surface area contributed by atoms with E-state index in [1.54, 1.807) is 18.2 Å². The van der Waals surface area contributed by atoms with Gasteiger partial charge in [-0.25, -0.2) is 0 Å². The summed E-state index contributed by atoms with van der Waals surface area (Å²) in [6, 6.07) is 13.0. The molecule has 0 unspecified atom stereocenters. The summed E-state index contributed by atoms with van der Waals surface area (Å²) >= 11 is 12.0. The summed E-state index contributed by atoms with van der Waals surface area (Å²) in [7, 11) is 0. The number of carbonyl (C=O) groups is 1. The summed E-state index contributed by atoms with van der Waals surface area (Å²) in [6.45, 7) is 6.84. The van der Waals surface area contributed by atoms with E-state index in [9.17, 15) is 4.79 Å². The molecule has 0 atom stereocenters. The molecule has 4 nitrogen and oxygen atoms in total. The van der Waals surface area contributed by atoms with Crippen LogP contribution in [0.4, 0.5) is 5.69 Å². The zero-order valence-electron chi connectivity index (χ0n) is 14.9. The van der Waals surface area contributed by atoms with Crippen LogP contribution in [0.1, 0.15) is 24.2 Å². The number of halogens is 2. The quantitative estimate of drug-likeness (QED) is 0.752. The first kappa shape index (κ1) is 18.9. The molecular formula is C20H22Cl2N2O2. The Morgan fingerprint density at radius 1 is 1.00 bits per heavy atom. The second-order valence-corrected chi connectivity index (χ2v) is 7.36. The number of hydrogen-bond acceptors (Lipinski definition) is 3. The smallest absolute Gasteiger partial charge is 0.254 e. The molecule has 1 heterocycles. The molecule has 0 saturated carbocycles. The van der Waals surface area contributed by atoms with Crippen molar-refractivity contribution in [2.75, 3.05) is 31.1 Å². The summed E-state index contributed by atoms with van der Waals surface area (Å²) in [5.41, 5.74) is 1.64. The van der Waals surface area contributed by atoms with E-state index in [0.29, 0.717) is 28.7 Å². The lowest BCUT2D eigenvalue weighted by molar-refractivity contribution is 0.0746. The molecule has 0 spiro atoms. The van der Waals surface area contributed by atoms with Crippen molar-refractivity contribution in [1.29, 1.82) is 0 Å². The number of anilines is 1. The maximum absolute atomic E-state index is 12.7. The van der Waals surface area contributed by atoms with Crippen LogP contribution in [0.25, 0.3) is 0 Å². The minimum atomic E-state index is -0.0186. The molecule has 0 radical (unpaired) electrons. The first-order valence-electron chi connectivity index (χ1n) is 8.70. The van der Waals surface area contributed by atoms with Crippen LogP contribution in [0.2, 0.25) is 10.0 Å². The second kappa shape index (κ2) is 8.19. The number of para-hydroxylation sites is 2. The molecule has 26 heavy (non-hydrogen) atoms. The van der Waals surface area contributed by atoms with Gasteiger partial charge in [0, 0.05) is 31.7 Å². The predicted octanol–water partition coefficient (Wildman–Crippen LogP) is 4.74. The number of piperazine rings is 1. The highest BCUT2D eigenvalue weighted by atomic mass is 35.5. The molecule has 138 valence electrons. The van der Waals surface area contributed by atoms with Crippen LogP contribution in [0.15, 0.2) is 42.5 Å². The van der Waals surface area contributed by atoms with Crippen LogP contribution in [-0.4, -0.2) is 43.1 Å². The lowest BCUT2D eigenvalue weighted by Gasteiger charge is -2.37. The zero-order valence-corrected chi connectivity index (χ0v) is 16.4. The Bertz CT molecular complexity index is 787. The SMILES string of the molecule is CC(C)Oc1ccccc1N1CCN(C(=O)c2ccc(Cl)c(Cl)c2)CC1. The predicted molar refractivity (Wildman–Crippen MR) is 107 cm³/mol. The van der Waals surface area contributed by atoms with Gasteiger partial charge in [-0.3, -0.25) is 4.79 Å². The van der Waals surface area contributed by atoms with Crippen molar-refractivity contribution in [2.45, 2.75) is 20.0 Å². The number of benzene rings is 2. The van der Waals surface area contributed by atoms with Crippen LogP contribution in [0.5, 0.6) is 5.75 Å². The molecule has 1 fully saturated rings. The van der Waals surface area contributed by atoms with Gasteiger partial charge in [-0.1, -0.05) is 35.3 Å². The monoisotopic (exact) mass is 392 g/mol. The molecule has 1 saturated heterocycles. The lowest BCUT2D eigenvalue weighted by Crippen LogP contribution is -2.48.